The molecule has 0 aromatic heterocycles. The first-order chi connectivity index (χ1) is 8.64. The van der Waals surface area contributed by atoms with Gasteiger partial charge in [0.05, 0.1) is 0 Å². The number of hydrogen-bond acceptors (Lipinski definition) is 2. The van der Waals surface area contributed by atoms with Crippen LogP contribution in [0, 0.1) is 5.41 Å². The molecule has 0 spiro atoms. The van der Waals surface area contributed by atoms with Gasteiger partial charge >= 0.3 is 12.0 Å². The third kappa shape index (κ3) is 3.19. The first-order valence-electron chi connectivity index (χ1n) is 6.90. The molecule has 1 fully saturated rings. The topological polar surface area (TPSA) is 60.9 Å². The summed E-state index contributed by atoms with van der Waals surface area (Å²) in [5.41, 5.74) is -0.861. The van der Waals surface area contributed by atoms with Crippen LogP contribution < -0.4 is 0 Å². The Morgan fingerprint density at radius 1 is 1.32 bits per heavy atom. The maximum absolute atomic E-state index is 12.3. The highest BCUT2D eigenvalue weighted by Gasteiger charge is 2.39. The van der Waals surface area contributed by atoms with Gasteiger partial charge in [-0.15, -0.1) is 0 Å². The van der Waals surface area contributed by atoms with Crippen molar-refractivity contribution in [3.63, 3.8) is 0 Å². The number of likely N-dealkylation sites (tertiary alicyclic amines) is 1. The van der Waals surface area contributed by atoms with E-state index in [1.807, 2.05) is 0 Å². The molecule has 1 heterocycles. The molecule has 110 valence electrons. The molecule has 1 rings (SSSR count). The van der Waals surface area contributed by atoms with Crippen LogP contribution in [-0.4, -0.2) is 52.6 Å². The monoisotopic (exact) mass is 270 g/mol. The highest BCUT2D eigenvalue weighted by Crippen LogP contribution is 2.34. The maximum atomic E-state index is 12.3. The van der Waals surface area contributed by atoms with E-state index in [0.29, 0.717) is 18.5 Å². The maximum Gasteiger partial charge on any atom is 0.329 e. The Labute approximate surface area is 115 Å². The first-order valence-corrected chi connectivity index (χ1v) is 6.90. The van der Waals surface area contributed by atoms with Gasteiger partial charge in [-0.2, -0.15) is 0 Å². The minimum atomic E-state index is -1.18. The molecule has 1 aliphatic heterocycles. The number of hydrogen-bond donors (Lipinski definition) is 1. The molecule has 19 heavy (non-hydrogen) atoms. The predicted molar refractivity (Wildman–Crippen MR) is 74.1 cm³/mol. The van der Waals surface area contributed by atoms with E-state index in [4.69, 9.17) is 5.11 Å². The molecule has 0 unspecified atom stereocenters. The van der Waals surface area contributed by atoms with Gasteiger partial charge in [-0.25, -0.2) is 9.59 Å². The second-order valence-electron chi connectivity index (χ2n) is 6.36. The summed E-state index contributed by atoms with van der Waals surface area (Å²) in [6, 6.07) is -0.189. The number of urea groups is 1. The fraction of sp³-hybridized carbons (Fsp3) is 0.857. The van der Waals surface area contributed by atoms with Gasteiger partial charge in [0.15, 0.2) is 0 Å². The lowest BCUT2D eigenvalue weighted by Crippen LogP contribution is -2.56. The minimum Gasteiger partial charge on any atom is -0.480 e. The van der Waals surface area contributed by atoms with Crippen LogP contribution in [0.1, 0.15) is 47.0 Å². The Bertz CT molecular complexity index is 358. The van der Waals surface area contributed by atoms with Crippen LogP contribution in [-0.2, 0) is 4.79 Å². The standard InChI is InChI=1S/C14H26N2O3/c1-6-14(4)7-9-16(10-8-14)12(19)15(5)13(2,3)11(17)18/h6-10H2,1-5H3,(H,17,18). The Hall–Kier alpha value is -1.26. The summed E-state index contributed by atoms with van der Waals surface area (Å²) in [5.74, 6) is -0.987. The van der Waals surface area contributed by atoms with Gasteiger partial charge in [-0.3, -0.25) is 0 Å². The van der Waals surface area contributed by atoms with E-state index in [9.17, 15) is 9.59 Å². The number of carbonyl (C=O) groups is 2. The zero-order valence-electron chi connectivity index (χ0n) is 12.7. The lowest BCUT2D eigenvalue weighted by molar-refractivity contribution is -0.147. The van der Waals surface area contributed by atoms with E-state index in [1.54, 1.807) is 25.8 Å². The van der Waals surface area contributed by atoms with Crippen molar-refractivity contribution in [2.45, 2.75) is 52.5 Å². The summed E-state index contributed by atoms with van der Waals surface area (Å²) in [5, 5.41) is 9.17. The number of piperidine rings is 1. The molecule has 0 aliphatic carbocycles. The van der Waals surface area contributed by atoms with E-state index in [2.05, 4.69) is 13.8 Å². The summed E-state index contributed by atoms with van der Waals surface area (Å²) in [6.07, 6.45) is 3.08. The molecule has 1 aliphatic rings. The van der Waals surface area contributed by atoms with Gasteiger partial charge in [0.1, 0.15) is 5.54 Å². The largest absolute Gasteiger partial charge is 0.480 e. The average molecular weight is 270 g/mol. The van der Waals surface area contributed by atoms with Gasteiger partial charge in [-0.1, -0.05) is 20.3 Å². The molecule has 0 saturated carbocycles. The van der Waals surface area contributed by atoms with Gasteiger partial charge < -0.3 is 14.9 Å². The number of carboxylic acids is 1. The Kier molecular flexibility index (Phi) is 4.48. The van der Waals surface area contributed by atoms with E-state index in [-0.39, 0.29) is 6.03 Å². The molecule has 2 amide bonds. The normalized spacial score (nSPS) is 19.1. The zero-order chi connectivity index (χ0) is 14.8. The van der Waals surface area contributed by atoms with E-state index in [0.717, 1.165) is 19.3 Å². The SMILES string of the molecule is CCC1(C)CCN(C(=O)N(C)C(C)(C)C(=O)O)CC1. The highest BCUT2D eigenvalue weighted by atomic mass is 16.4. The van der Waals surface area contributed by atoms with E-state index < -0.39 is 11.5 Å². The van der Waals surface area contributed by atoms with Crippen molar-refractivity contribution in [1.82, 2.24) is 9.80 Å². The fourth-order valence-electron chi connectivity index (χ4n) is 2.19. The molecule has 0 atom stereocenters. The number of carbonyl (C=O) groups excluding carboxylic acids is 1. The number of aliphatic carboxylic acids is 1. The van der Waals surface area contributed by atoms with Crippen LogP contribution in [0.25, 0.3) is 0 Å². The fourth-order valence-corrected chi connectivity index (χ4v) is 2.19. The average Bonchev–Trinajstić information content (AvgIpc) is 2.37. The summed E-state index contributed by atoms with van der Waals surface area (Å²) in [6.45, 7) is 8.95. The van der Waals surface area contributed by atoms with Gasteiger partial charge in [0, 0.05) is 20.1 Å². The number of nitrogens with zero attached hydrogens (tertiary/aromatic N) is 2. The molecule has 1 saturated heterocycles. The summed E-state index contributed by atoms with van der Waals surface area (Å²) in [7, 11) is 1.56. The van der Waals surface area contributed by atoms with E-state index in [1.165, 1.54) is 4.90 Å². The molecular formula is C14H26N2O3. The van der Waals surface area contributed by atoms with Gasteiger partial charge in [0.25, 0.3) is 0 Å². The van der Waals surface area contributed by atoms with Crippen molar-refractivity contribution in [1.29, 1.82) is 0 Å². The minimum absolute atomic E-state index is 0.189. The molecule has 0 aromatic rings. The van der Waals surface area contributed by atoms with Crippen LogP contribution in [0.3, 0.4) is 0 Å². The Morgan fingerprint density at radius 2 is 1.79 bits per heavy atom. The second-order valence-corrected chi connectivity index (χ2v) is 6.36. The van der Waals surface area contributed by atoms with Crippen molar-refractivity contribution in [3.8, 4) is 0 Å². The van der Waals surface area contributed by atoms with Crippen LogP contribution in [0.4, 0.5) is 4.79 Å². The lowest BCUT2D eigenvalue weighted by atomic mass is 9.78. The van der Waals surface area contributed by atoms with Crippen LogP contribution in [0.2, 0.25) is 0 Å². The van der Waals surface area contributed by atoms with Crippen molar-refractivity contribution in [3.05, 3.63) is 0 Å². The van der Waals surface area contributed by atoms with Crippen LogP contribution >= 0.6 is 0 Å². The van der Waals surface area contributed by atoms with Crippen LogP contribution in [0.5, 0.6) is 0 Å². The zero-order valence-corrected chi connectivity index (χ0v) is 12.7. The Balaban J connectivity index is 2.68. The summed E-state index contributed by atoms with van der Waals surface area (Å²) >= 11 is 0. The number of rotatable bonds is 3. The molecule has 0 bridgehead atoms. The smallest absolute Gasteiger partial charge is 0.329 e. The lowest BCUT2D eigenvalue weighted by Gasteiger charge is -2.42. The molecule has 1 N–H and O–H groups in total. The molecule has 5 nitrogen and oxygen atoms in total. The molecule has 0 aromatic carbocycles. The Morgan fingerprint density at radius 3 is 2.16 bits per heavy atom. The second kappa shape index (κ2) is 5.39. The molecular weight excluding hydrogens is 244 g/mol. The quantitative estimate of drug-likeness (QED) is 0.856. The molecule has 0 radical (unpaired) electrons. The van der Waals surface area contributed by atoms with Crippen molar-refractivity contribution < 1.29 is 14.7 Å². The molecule has 5 heteroatoms. The van der Waals surface area contributed by atoms with Crippen LogP contribution in [0.15, 0.2) is 0 Å². The highest BCUT2D eigenvalue weighted by molar-refractivity contribution is 5.85. The third-order valence-electron chi connectivity index (χ3n) is 4.74. The summed E-state index contributed by atoms with van der Waals surface area (Å²) < 4.78 is 0. The number of carboxylic acid groups (broad SMARTS) is 1. The number of likely N-dealkylation sites (N-methyl/N-ethyl adjacent to an activating group) is 1. The van der Waals surface area contributed by atoms with Gasteiger partial charge in [0.2, 0.25) is 0 Å². The van der Waals surface area contributed by atoms with Crippen molar-refractivity contribution in [2.75, 3.05) is 20.1 Å². The van der Waals surface area contributed by atoms with E-state index >= 15 is 0 Å². The predicted octanol–water partition coefficient (Wildman–Crippen LogP) is 2.41. The summed E-state index contributed by atoms with van der Waals surface area (Å²) in [4.78, 5) is 26.6. The van der Waals surface area contributed by atoms with Crippen molar-refractivity contribution >= 4 is 12.0 Å². The third-order valence-corrected chi connectivity index (χ3v) is 4.74. The van der Waals surface area contributed by atoms with Crippen molar-refractivity contribution in [2.24, 2.45) is 5.41 Å². The van der Waals surface area contributed by atoms with Gasteiger partial charge in [-0.05, 0) is 32.1 Å². The first kappa shape index (κ1) is 15.8. The number of amides is 2.